The van der Waals surface area contributed by atoms with Gasteiger partial charge >= 0.3 is 0 Å². The highest BCUT2D eigenvalue weighted by molar-refractivity contribution is 7.99. The van der Waals surface area contributed by atoms with Gasteiger partial charge in [0, 0.05) is 11.1 Å². The minimum Gasteiger partial charge on any atom is -0.309 e. The molecule has 12 heavy (non-hydrogen) atoms. The molecule has 0 spiro atoms. The smallest absolute Gasteiger partial charge is 0.0420 e. The van der Waals surface area contributed by atoms with E-state index in [4.69, 9.17) is 0 Å². The summed E-state index contributed by atoms with van der Waals surface area (Å²) in [7, 11) is 4.23. The Labute approximate surface area is 81.1 Å². The molecule has 0 heterocycles. The average Bonchev–Trinajstić information content (AvgIpc) is 1.95. The molecule has 1 N–H and O–H groups in total. The maximum Gasteiger partial charge on any atom is 0.0420 e. The Morgan fingerprint density at radius 1 is 1.33 bits per heavy atom. The Bertz CT molecular complexity index is 82.5. The van der Waals surface area contributed by atoms with Crippen LogP contribution in [-0.4, -0.2) is 43.2 Å². The van der Waals surface area contributed by atoms with E-state index in [1.54, 1.807) is 0 Å². The summed E-state index contributed by atoms with van der Waals surface area (Å²) in [5, 5.41) is 4.15. The van der Waals surface area contributed by atoms with Crippen molar-refractivity contribution in [3.05, 3.63) is 0 Å². The number of rotatable bonds is 7. The molecule has 2 nitrogen and oxygen atoms in total. The summed E-state index contributed by atoms with van der Waals surface area (Å²) in [5.41, 5.74) is 0. The lowest BCUT2D eigenvalue weighted by molar-refractivity contribution is 0.397. The Kier molecular flexibility index (Phi) is 8.07. The van der Waals surface area contributed by atoms with Crippen LogP contribution in [0.1, 0.15) is 20.3 Å². The molecule has 0 amide bonds. The van der Waals surface area contributed by atoms with Crippen molar-refractivity contribution in [3.63, 3.8) is 0 Å². The van der Waals surface area contributed by atoms with E-state index in [2.05, 4.69) is 38.2 Å². The van der Waals surface area contributed by atoms with Crippen molar-refractivity contribution in [2.24, 2.45) is 0 Å². The zero-order valence-electron chi connectivity index (χ0n) is 8.76. The van der Waals surface area contributed by atoms with Gasteiger partial charge in [0.2, 0.25) is 0 Å². The third-order valence-corrected chi connectivity index (χ3v) is 2.52. The van der Waals surface area contributed by atoms with E-state index >= 15 is 0 Å². The molecule has 0 aliphatic rings. The van der Waals surface area contributed by atoms with Crippen LogP contribution in [0.4, 0.5) is 0 Å². The quantitative estimate of drug-likeness (QED) is 0.485. The summed E-state index contributed by atoms with van der Waals surface area (Å²) in [6.45, 7) is 6.77. The molecule has 74 valence electrons. The van der Waals surface area contributed by atoms with Crippen molar-refractivity contribution >= 4 is 11.8 Å². The topological polar surface area (TPSA) is 15.3 Å². The predicted molar refractivity (Wildman–Crippen MR) is 58.8 cm³/mol. The van der Waals surface area contributed by atoms with Gasteiger partial charge in [0.25, 0.3) is 0 Å². The molecule has 0 unspecified atom stereocenters. The molecule has 0 rings (SSSR count). The van der Waals surface area contributed by atoms with Crippen LogP contribution in [0, 0.1) is 0 Å². The highest BCUT2D eigenvalue weighted by atomic mass is 32.2. The Balaban J connectivity index is 2.91. The van der Waals surface area contributed by atoms with E-state index in [0.29, 0.717) is 0 Å². The van der Waals surface area contributed by atoms with Gasteiger partial charge in [-0.2, -0.15) is 0 Å². The number of thioether (sulfide) groups is 1. The van der Waals surface area contributed by atoms with Gasteiger partial charge in [0.05, 0.1) is 0 Å². The highest BCUT2D eigenvalue weighted by Crippen LogP contribution is 2.05. The Morgan fingerprint density at radius 2 is 2.00 bits per heavy atom. The molecule has 0 aliphatic carbocycles. The lowest BCUT2D eigenvalue weighted by Crippen LogP contribution is -2.21. The molecule has 0 bridgehead atoms. The molecule has 0 aliphatic heterocycles. The van der Waals surface area contributed by atoms with E-state index in [1.165, 1.54) is 13.0 Å². The summed E-state index contributed by atoms with van der Waals surface area (Å²) in [6.07, 6.45) is 1.24. The fraction of sp³-hybridized carbons (Fsp3) is 1.00. The van der Waals surface area contributed by atoms with Crippen LogP contribution < -0.4 is 5.32 Å². The van der Waals surface area contributed by atoms with E-state index in [0.717, 1.165) is 17.7 Å². The molecular formula is C9H22N2S. The third kappa shape index (κ3) is 10.3. The van der Waals surface area contributed by atoms with Crippen LogP contribution in [0.3, 0.4) is 0 Å². The van der Waals surface area contributed by atoms with Gasteiger partial charge < -0.3 is 10.2 Å². The van der Waals surface area contributed by atoms with Gasteiger partial charge in [-0.25, -0.2) is 0 Å². The van der Waals surface area contributed by atoms with Crippen molar-refractivity contribution < 1.29 is 0 Å². The minimum absolute atomic E-state index is 0.742. The van der Waals surface area contributed by atoms with Crippen LogP contribution in [0.2, 0.25) is 0 Å². The number of hydrogen-bond donors (Lipinski definition) is 1. The predicted octanol–water partition coefficient (Wildman–Crippen LogP) is 1.63. The van der Waals surface area contributed by atoms with Gasteiger partial charge in [0.15, 0.2) is 0 Å². The van der Waals surface area contributed by atoms with Crippen molar-refractivity contribution in [3.8, 4) is 0 Å². The van der Waals surface area contributed by atoms with Crippen LogP contribution in [0.5, 0.6) is 0 Å². The van der Waals surface area contributed by atoms with E-state index < -0.39 is 0 Å². The normalized spacial score (nSPS) is 11.5. The largest absolute Gasteiger partial charge is 0.309 e. The van der Waals surface area contributed by atoms with Gasteiger partial charge in [0.1, 0.15) is 0 Å². The minimum atomic E-state index is 0.742. The highest BCUT2D eigenvalue weighted by Gasteiger charge is 1.93. The summed E-state index contributed by atoms with van der Waals surface area (Å²) in [6, 6.07) is 0. The zero-order valence-corrected chi connectivity index (χ0v) is 9.58. The summed E-state index contributed by atoms with van der Waals surface area (Å²) in [5.74, 6) is 1.09. The lowest BCUT2D eigenvalue weighted by atomic mass is 10.4. The van der Waals surface area contributed by atoms with Gasteiger partial charge in [-0.15, -0.1) is 11.8 Å². The molecule has 0 aromatic heterocycles. The van der Waals surface area contributed by atoms with Crippen molar-refractivity contribution in [1.82, 2.24) is 10.2 Å². The van der Waals surface area contributed by atoms with E-state index in [-0.39, 0.29) is 0 Å². The molecule has 0 atom stereocenters. The van der Waals surface area contributed by atoms with Gasteiger partial charge in [-0.1, -0.05) is 13.8 Å². The van der Waals surface area contributed by atoms with Crippen LogP contribution in [0.25, 0.3) is 0 Å². The molecule has 0 radical (unpaired) electrons. The standard InChI is InChI=1S/C9H22N2S/c1-9(2)12-8-10-6-5-7-11(3)4/h9-10H,5-8H2,1-4H3. The molecule has 0 saturated carbocycles. The maximum atomic E-state index is 3.41. The molecule has 0 aromatic carbocycles. The summed E-state index contributed by atoms with van der Waals surface area (Å²) in [4.78, 5) is 2.22. The molecular weight excluding hydrogens is 168 g/mol. The second-order valence-electron chi connectivity index (χ2n) is 3.52. The third-order valence-electron chi connectivity index (χ3n) is 1.48. The molecule has 0 saturated heterocycles. The number of nitrogens with zero attached hydrogens (tertiary/aromatic N) is 1. The summed E-state index contributed by atoms with van der Waals surface area (Å²) >= 11 is 1.97. The first-order chi connectivity index (χ1) is 5.63. The first-order valence-corrected chi connectivity index (χ1v) is 5.65. The van der Waals surface area contributed by atoms with Crippen LogP contribution in [-0.2, 0) is 0 Å². The number of nitrogens with one attached hydrogen (secondary N) is 1. The number of hydrogen-bond acceptors (Lipinski definition) is 3. The Morgan fingerprint density at radius 3 is 2.50 bits per heavy atom. The van der Waals surface area contributed by atoms with Crippen molar-refractivity contribution in [2.75, 3.05) is 33.1 Å². The zero-order chi connectivity index (χ0) is 9.40. The van der Waals surface area contributed by atoms with Crippen molar-refractivity contribution in [1.29, 1.82) is 0 Å². The van der Waals surface area contributed by atoms with Crippen LogP contribution in [0.15, 0.2) is 0 Å². The average molecular weight is 190 g/mol. The van der Waals surface area contributed by atoms with E-state index in [1.807, 2.05) is 11.8 Å². The maximum absolute atomic E-state index is 3.41. The fourth-order valence-corrected chi connectivity index (χ4v) is 1.41. The molecule has 3 heteroatoms. The first-order valence-electron chi connectivity index (χ1n) is 4.60. The van der Waals surface area contributed by atoms with Gasteiger partial charge in [-0.05, 0) is 33.6 Å². The SMILES string of the molecule is CC(C)SCNCCCN(C)C. The Hall–Kier alpha value is 0.270. The van der Waals surface area contributed by atoms with Gasteiger partial charge in [-0.3, -0.25) is 0 Å². The second-order valence-corrected chi connectivity index (χ2v) is 5.08. The molecule has 0 aromatic rings. The first kappa shape index (κ1) is 12.3. The van der Waals surface area contributed by atoms with Crippen LogP contribution >= 0.6 is 11.8 Å². The van der Waals surface area contributed by atoms with Crippen molar-refractivity contribution in [2.45, 2.75) is 25.5 Å². The fourth-order valence-electron chi connectivity index (χ4n) is 0.818. The second kappa shape index (κ2) is 7.90. The summed E-state index contributed by atoms with van der Waals surface area (Å²) < 4.78 is 0. The molecule has 0 fully saturated rings. The monoisotopic (exact) mass is 190 g/mol. The van der Waals surface area contributed by atoms with E-state index in [9.17, 15) is 0 Å². The lowest BCUT2D eigenvalue weighted by Gasteiger charge is -2.10.